The van der Waals surface area contributed by atoms with Crippen molar-refractivity contribution in [2.45, 2.75) is 33.2 Å². The van der Waals surface area contributed by atoms with E-state index in [0.717, 1.165) is 25.5 Å². The van der Waals surface area contributed by atoms with Crippen LogP contribution in [0.5, 0.6) is 0 Å². The van der Waals surface area contributed by atoms with E-state index in [1.807, 2.05) is 11.5 Å². The molecule has 2 unspecified atom stereocenters. The normalized spacial score (nSPS) is 20.5. The summed E-state index contributed by atoms with van der Waals surface area (Å²) in [7, 11) is 0. The van der Waals surface area contributed by atoms with Crippen molar-refractivity contribution in [1.29, 1.82) is 0 Å². The number of carbonyl (C=O) groups excluding carboxylic acids is 1. The third-order valence-electron chi connectivity index (χ3n) is 3.65. The number of ether oxygens (including phenoxy) is 2. The van der Waals surface area contributed by atoms with E-state index in [1.165, 1.54) is 0 Å². The predicted molar refractivity (Wildman–Crippen MR) is 71.0 cm³/mol. The Kier molecular flexibility index (Phi) is 4.09. The van der Waals surface area contributed by atoms with Crippen molar-refractivity contribution in [2.75, 3.05) is 25.6 Å². The van der Waals surface area contributed by atoms with Gasteiger partial charge in [0.25, 0.3) is 0 Å². The van der Waals surface area contributed by atoms with Gasteiger partial charge in [-0.05, 0) is 27.2 Å². The van der Waals surface area contributed by atoms with Crippen molar-refractivity contribution in [1.82, 2.24) is 9.55 Å². The standard InChI is InChI=1S/C13H21N3O3/c1-4-19-13(17)11-12(14)16(9(3)15-11)8(2)10-5-6-18-7-10/h8,10H,4-7,14H2,1-3H3. The van der Waals surface area contributed by atoms with E-state index in [0.29, 0.717) is 18.3 Å². The van der Waals surface area contributed by atoms with Crippen LogP contribution >= 0.6 is 0 Å². The maximum Gasteiger partial charge on any atom is 0.360 e. The summed E-state index contributed by atoms with van der Waals surface area (Å²) in [6.07, 6.45) is 1.01. The molecule has 1 aliphatic heterocycles. The van der Waals surface area contributed by atoms with Crippen LogP contribution in [0, 0.1) is 12.8 Å². The summed E-state index contributed by atoms with van der Waals surface area (Å²) < 4.78 is 12.3. The number of aryl methyl sites for hydroxylation is 1. The van der Waals surface area contributed by atoms with Crippen LogP contribution in [0.1, 0.15) is 42.6 Å². The van der Waals surface area contributed by atoms with Crippen LogP contribution in [0.3, 0.4) is 0 Å². The number of nitrogens with two attached hydrogens (primary N) is 1. The molecule has 6 heteroatoms. The lowest BCUT2D eigenvalue weighted by atomic mass is 10.0. The summed E-state index contributed by atoms with van der Waals surface area (Å²) in [5.41, 5.74) is 6.28. The maximum absolute atomic E-state index is 11.8. The summed E-state index contributed by atoms with van der Waals surface area (Å²) in [5, 5.41) is 0. The van der Waals surface area contributed by atoms with Crippen molar-refractivity contribution in [3.8, 4) is 0 Å². The first kappa shape index (κ1) is 13.9. The highest BCUT2D eigenvalue weighted by Gasteiger charge is 2.28. The minimum Gasteiger partial charge on any atom is -0.461 e. The van der Waals surface area contributed by atoms with Gasteiger partial charge < -0.3 is 19.8 Å². The molecule has 0 amide bonds. The molecule has 2 atom stereocenters. The summed E-state index contributed by atoms with van der Waals surface area (Å²) in [6, 6.07) is 0.165. The van der Waals surface area contributed by atoms with Crippen LogP contribution in [-0.4, -0.2) is 35.3 Å². The molecule has 1 aliphatic rings. The lowest BCUT2D eigenvalue weighted by molar-refractivity contribution is 0.0521. The SMILES string of the molecule is CCOC(=O)c1nc(C)n(C(C)C2CCOC2)c1N. The lowest BCUT2D eigenvalue weighted by Gasteiger charge is -2.22. The van der Waals surface area contributed by atoms with Crippen LogP contribution in [-0.2, 0) is 9.47 Å². The summed E-state index contributed by atoms with van der Waals surface area (Å²) in [5.74, 6) is 1.07. The molecule has 0 saturated carbocycles. The molecule has 1 aromatic heterocycles. The number of rotatable bonds is 4. The third-order valence-corrected chi connectivity index (χ3v) is 3.65. The van der Waals surface area contributed by atoms with Crippen molar-refractivity contribution in [2.24, 2.45) is 5.92 Å². The quantitative estimate of drug-likeness (QED) is 0.837. The van der Waals surface area contributed by atoms with E-state index in [9.17, 15) is 4.79 Å². The van der Waals surface area contributed by atoms with Gasteiger partial charge in [0.15, 0.2) is 5.69 Å². The van der Waals surface area contributed by atoms with Gasteiger partial charge in [0.1, 0.15) is 11.6 Å². The third kappa shape index (κ3) is 2.58. The Hall–Kier alpha value is -1.56. The second kappa shape index (κ2) is 5.61. The minimum atomic E-state index is -0.461. The predicted octanol–water partition coefficient (Wildman–Crippen LogP) is 1.55. The fourth-order valence-electron chi connectivity index (χ4n) is 2.57. The number of imidazole rings is 1. The zero-order chi connectivity index (χ0) is 14.0. The number of aromatic nitrogens is 2. The number of carbonyl (C=O) groups is 1. The molecule has 0 spiro atoms. The number of esters is 1. The summed E-state index contributed by atoms with van der Waals surface area (Å²) >= 11 is 0. The van der Waals surface area contributed by atoms with Gasteiger partial charge in [-0.15, -0.1) is 0 Å². The minimum absolute atomic E-state index is 0.165. The van der Waals surface area contributed by atoms with Gasteiger partial charge in [-0.2, -0.15) is 0 Å². The Morgan fingerprint density at radius 1 is 1.68 bits per heavy atom. The van der Waals surface area contributed by atoms with Crippen molar-refractivity contribution in [3.05, 3.63) is 11.5 Å². The highest BCUT2D eigenvalue weighted by atomic mass is 16.5. The fraction of sp³-hybridized carbons (Fsp3) is 0.692. The maximum atomic E-state index is 11.8. The Morgan fingerprint density at radius 3 is 3.00 bits per heavy atom. The number of nitrogens with zero attached hydrogens (tertiary/aromatic N) is 2. The first-order valence-corrected chi connectivity index (χ1v) is 6.65. The Bertz CT molecular complexity index is 464. The number of nitrogen functional groups attached to an aromatic ring is 1. The molecular weight excluding hydrogens is 246 g/mol. The molecule has 2 rings (SSSR count). The van der Waals surface area contributed by atoms with Gasteiger partial charge >= 0.3 is 5.97 Å². The molecule has 0 radical (unpaired) electrons. The Morgan fingerprint density at radius 2 is 2.42 bits per heavy atom. The van der Waals surface area contributed by atoms with Gasteiger partial charge in [0.05, 0.1) is 13.2 Å². The lowest BCUT2D eigenvalue weighted by Crippen LogP contribution is -2.20. The van der Waals surface area contributed by atoms with Crippen LogP contribution in [0.2, 0.25) is 0 Å². The average molecular weight is 267 g/mol. The monoisotopic (exact) mass is 267 g/mol. The second-order valence-corrected chi connectivity index (χ2v) is 4.85. The molecule has 106 valence electrons. The topological polar surface area (TPSA) is 79.4 Å². The van der Waals surface area contributed by atoms with Crippen LogP contribution in [0.4, 0.5) is 5.82 Å². The number of anilines is 1. The molecule has 1 fully saturated rings. The Balaban J connectivity index is 2.28. The van der Waals surface area contributed by atoms with Gasteiger partial charge in [-0.25, -0.2) is 9.78 Å². The molecule has 2 N–H and O–H groups in total. The van der Waals surface area contributed by atoms with Crippen molar-refractivity contribution in [3.63, 3.8) is 0 Å². The van der Waals surface area contributed by atoms with Gasteiger partial charge in [0, 0.05) is 18.6 Å². The van der Waals surface area contributed by atoms with Gasteiger partial charge in [-0.3, -0.25) is 0 Å². The molecule has 1 saturated heterocycles. The number of hydrogen-bond acceptors (Lipinski definition) is 5. The average Bonchev–Trinajstić information content (AvgIpc) is 2.97. The van der Waals surface area contributed by atoms with Crippen molar-refractivity contribution >= 4 is 11.8 Å². The second-order valence-electron chi connectivity index (χ2n) is 4.85. The largest absolute Gasteiger partial charge is 0.461 e. The highest BCUT2D eigenvalue weighted by Crippen LogP contribution is 2.30. The Labute approximate surface area is 112 Å². The zero-order valence-corrected chi connectivity index (χ0v) is 11.7. The fourth-order valence-corrected chi connectivity index (χ4v) is 2.57. The van der Waals surface area contributed by atoms with Crippen molar-refractivity contribution < 1.29 is 14.3 Å². The molecular formula is C13H21N3O3. The summed E-state index contributed by atoms with van der Waals surface area (Å²) in [4.78, 5) is 16.0. The molecule has 2 heterocycles. The highest BCUT2D eigenvalue weighted by molar-refractivity contribution is 5.92. The van der Waals surface area contributed by atoms with Crippen LogP contribution in [0.15, 0.2) is 0 Å². The van der Waals surface area contributed by atoms with Crippen LogP contribution < -0.4 is 5.73 Å². The molecule has 19 heavy (non-hydrogen) atoms. The molecule has 0 aromatic carbocycles. The molecule has 0 bridgehead atoms. The molecule has 0 aliphatic carbocycles. The van der Waals surface area contributed by atoms with E-state index >= 15 is 0 Å². The number of hydrogen-bond donors (Lipinski definition) is 1. The van der Waals surface area contributed by atoms with Gasteiger partial charge in [0.2, 0.25) is 0 Å². The van der Waals surface area contributed by atoms with Gasteiger partial charge in [-0.1, -0.05) is 0 Å². The summed E-state index contributed by atoms with van der Waals surface area (Å²) in [6.45, 7) is 7.53. The first-order chi connectivity index (χ1) is 9.06. The van der Waals surface area contributed by atoms with E-state index in [2.05, 4.69) is 11.9 Å². The van der Waals surface area contributed by atoms with E-state index < -0.39 is 5.97 Å². The van der Waals surface area contributed by atoms with E-state index in [-0.39, 0.29) is 11.7 Å². The molecule has 6 nitrogen and oxygen atoms in total. The smallest absolute Gasteiger partial charge is 0.360 e. The van der Waals surface area contributed by atoms with Crippen LogP contribution in [0.25, 0.3) is 0 Å². The zero-order valence-electron chi connectivity index (χ0n) is 11.7. The molecule has 1 aromatic rings. The van der Waals surface area contributed by atoms with E-state index in [1.54, 1.807) is 6.92 Å². The first-order valence-electron chi connectivity index (χ1n) is 6.65. The van der Waals surface area contributed by atoms with E-state index in [4.69, 9.17) is 15.2 Å².